The van der Waals surface area contributed by atoms with E-state index in [0.29, 0.717) is 17.0 Å². The third-order valence-electron chi connectivity index (χ3n) is 4.99. The maximum absolute atomic E-state index is 13.4. The molecule has 33 heavy (non-hydrogen) atoms. The van der Waals surface area contributed by atoms with Crippen molar-refractivity contribution >= 4 is 17.9 Å². The van der Waals surface area contributed by atoms with E-state index < -0.39 is 23.8 Å². The normalized spacial score (nSPS) is 13.4. The standard InChI is InChI=1S/C28H31NO4/c1-28(2,3)33-27(31)29(23-16-18-24(32-4)19-17-23)25(20-15-21-11-7-5-8-12-21)26(30)22-13-9-6-10-14-22/h5-20,25-26,30H,1-4H3/b20-15+. The highest BCUT2D eigenvalue weighted by Crippen LogP contribution is 2.30. The maximum atomic E-state index is 13.4. The zero-order valence-corrected chi connectivity index (χ0v) is 19.5. The third-order valence-corrected chi connectivity index (χ3v) is 4.99. The van der Waals surface area contributed by atoms with Crippen LogP contribution in [0.15, 0.2) is 91.0 Å². The molecule has 0 aliphatic carbocycles. The number of rotatable bonds is 7. The van der Waals surface area contributed by atoms with Crippen molar-refractivity contribution in [3.05, 3.63) is 102 Å². The highest BCUT2D eigenvalue weighted by atomic mass is 16.6. The molecule has 172 valence electrons. The Kier molecular flexibility index (Phi) is 7.91. The number of nitrogens with zero attached hydrogens (tertiary/aromatic N) is 1. The Bertz CT molecular complexity index is 1040. The van der Waals surface area contributed by atoms with Crippen LogP contribution >= 0.6 is 0 Å². The van der Waals surface area contributed by atoms with E-state index in [-0.39, 0.29) is 0 Å². The molecule has 0 heterocycles. The van der Waals surface area contributed by atoms with Gasteiger partial charge in [0.05, 0.1) is 13.2 Å². The van der Waals surface area contributed by atoms with Gasteiger partial charge in [0.15, 0.2) is 0 Å². The summed E-state index contributed by atoms with van der Waals surface area (Å²) >= 11 is 0. The van der Waals surface area contributed by atoms with E-state index in [2.05, 4.69) is 0 Å². The Balaban J connectivity index is 2.09. The first kappa shape index (κ1) is 24.1. The van der Waals surface area contributed by atoms with Gasteiger partial charge in [-0.05, 0) is 56.2 Å². The Labute approximate surface area is 195 Å². The molecule has 0 aromatic heterocycles. The van der Waals surface area contributed by atoms with Crippen LogP contribution in [0.2, 0.25) is 0 Å². The van der Waals surface area contributed by atoms with Gasteiger partial charge >= 0.3 is 6.09 Å². The van der Waals surface area contributed by atoms with Crippen molar-refractivity contribution in [2.24, 2.45) is 0 Å². The van der Waals surface area contributed by atoms with Crippen molar-refractivity contribution in [2.75, 3.05) is 12.0 Å². The molecule has 0 saturated carbocycles. The first-order chi connectivity index (χ1) is 15.8. The number of carbonyl (C=O) groups excluding carboxylic acids is 1. The molecule has 2 unspecified atom stereocenters. The second-order valence-electron chi connectivity index (χ2n) is 8.66. The van der Waals surface area contributed by atoms with Crippen molar-refractivity contribution in [3.8, 4) is 5.75 Å². The molecule has 1 amide bonds. The molecule has 5 nitrogen and oxygen atoms in total. The highest BCUT2D eigenvalue weighted by Gasteiger charge is 2.33. The maximum Gasteiger partial charge on any atom is 0.415 e. The molecule has 0 spiro atoms. The molecule has 0 fully saturated rings. The Morgan fingerprint density at radius 2 is 1.48 bits per heavy atom. The molecular formula is C28H31NO4. The van der Waals surface area contributed by atoms with Gasteiger partial charge in [-0.2, -0.15) is 0 Å². The van der Waals surface area contributed by atoms with Crippen LogP contribution in [0.4, 0.5) is 10.5 Å². The van der Waals surface area contributed by atoms with Gasteiger partial charge in [-0.3, -0.25) is 4.90 Å². The van der Waals surface area contributed by atoms with Gasteiger partial charge in [0, 0.05) is 5.69 Å². The smallest absolute Gasteiger partial charge is 0.415 e. The largest absolute Gasteiger partial charge is 0.497 e. The molecule has 3 aromatic rings. The van der Waals surface area contributed by atoms with E-state index in [0.717, 1.165) is 5.56 Å². The van der Waals surface area contributed by atoms with E-state index >= 15 is 0 Å². The van der Waals surface area contributed by atoms with E-state index in [1.807, 2.05) is 93.6 Å². The minimum absolute atomic E-state index is 0.551. The van der Waals surface area contributed by atoms with Crippen LogP contribution in [-0.2, 0) is 4.74 Å². The minimum atomic E-state index is -0.985. The van der Waals surface area contributed by atoms with Crippen LogP contribution in [-0.4, -0.2) is 30.0 Å². The molecule has 0 aliphatic rings. The number of hydrogen-bond acceptors (Lipinski definition) is 4. The first-order valence-electron chi connectivity index (χ1n) is 10.9. The van der Waals surface area contributed by atoms with Gasteiger partial charge in [0.1, 0.15) is 17.5 Å². The summed E-state index contributed by atoms with van der Waals surface area (Å²) in [6.45, 7) is 5.46. The van der Waals surface area contributed by atoms with E-state index in [4.69, 9.17) is 9.47 Å². The van der Waals surface area contributed by atoms with Crippen LogP contribution in [0.1, 0.15) is 38.0 Å². The van der Waals surface area contributed by atoms with E-state index in [1.165, 1.54) is 4.90 Å². The number of methoxy groups -OCH3 is 1. The van der Waals surface area contributed by atoms with Gasteiger partial charge in [0.2, 0.25) is 0 Å². The van der Waals surface area contributed by atoms with Gasteiger partial charge in [0.25, 0.3) is 0 Å². The summed E-state index contributed by atoms with van der Waals surface area (Å²) < 4.78 is 11.0. The highest BCUT2D eigenvalue weighted by molar-refractivity contribution is 5.89. The zero-order valence-electron chi connectivity index (χ0n) is 19.5. The van der Waals surface area contributed by atoms with Crippen LogP contribution in [0, 0.1) is 0 Å². The van der Waals surface area contributed by atoms with Gasteiger partial charge in [-0.15, -0.1) is 0 Å². The molecule has 0 radical (unpaired) electrons. The number of benzene rings is 3. The molecule has 3 rings (SSSR count). The number of carbonyl (C=O) groups is 1. The van der Waals surface area contributed by atoms with Crippen LogP contribution in [0.5, 0.6) is 5.75 Å². The summed E-state index contributed by atoms with van der Waals surface area (Å²) in [4.78, 5) is 14.9. The lowest BCUT2D eigenvalue weighted by molar-refractivity contribution is 0.0531. The fourth-order valence-corrected chi connectivity index (χ4v) is 3.41. The lowest BCUT2D eigenvalue weighted by atomic mass is 9.99. The minimum Gasteiger partial charge on any atom is -0.497 e. The fraction of sp³-hybridized carbons (Fsp3) is 0.250. The van der Waals surface area contributed by atoms with Gasteiger partial charge in [-0.1, -0.05) is 72.8 Å². The van der Waals surface area contributed by atoms with Crippen molar-refractivity contribution in [3.63, 3.8) is 0 Å². The average Bonchev–Trinajstić information content (AvgIpc) is 2.81. The lowest BCUT2D eigenvalue weighted by Gasteiger charge is -2.35. The van der Waals surface area contributed by atoms with Gasteiger partial charge in [-0.25, -0.2) is 4.79 Å². The number of aliphatic hydroxyl groups excluding tert-OH is 1. The number of amides is 1. The monoisotopic (exact) mass is 445 g/mol. The first-order valence-corrected chi connectivity index (χ1v) is 10.9. The molecule has 0 bridgehead atoms. The van der Waals surface area contributed by atoms with Crippen molar-refractivity contribution < 1.29 is 19.4 Å². The molecule has 2 atom stereocenters. The summed E-state index contributed by atoms with van der Waals surface area (Å²) in [5.41, 5.74) is 1.54. The number of ether oxygens (including phenoxy) is 2. The predicted molar refractivity (Wildman–Crippen MR) is 132 cm³/mol. The van der Waals surface area contributed by atoms with Crippen molar-refractivity contribution in [2.45, 2.75) is 38.5 Å². The molecule has 3 aromatic carbocycles. The molecular weight excluding hydrogens is 414 g/mol. The van der Waals surface area contributed by atoms with Crippen LogP contribution in [0.25, 0.3) is 6.08 Å². The number of hydrogen-bond donors (Lipinski definition) is 1. The predicted octanol–water partition coefficient (Wildman–Crippen LogP) is 6.25. The average molecular weight is 446 g/mol. The van der Waals surface area contributed by atoms with E-state index in [1.54, 1.807) is 31.4 Å². The Morgan fingerprint density at radius 1 is 0.909 bits per heavy atom. The SMILES string of the molecule is COc1ccc(N(C(=O)OC(C)(C)C)C(/C=C/c2ccccc2)C(O)c2ccccc2)cc1. The zero-order chi connectivity index (χ0) is 23.8. The summed E-state index contributed by atoms with van der Waals surface area (Å²) in [7, 11) is 1.59. The van der Waals surface area contributed by atoms with Gasteiger partial charge < -0.3 is 14.6 Å². The lowest BCUT2D eigenvalue weighted by Crippen LogP contribution is -2.45. The number of anilines is 1. The quantitative estimate of drug-likeness (QED) is 0.467. The summed E-state index contributed by atoms with van der Waals surface area (Å²) in [5.74, 6) is 0.669. The third kappa shape index (κ3) is 6.70. The second-order valence-corrected chi connectivity index (χ2v) is 8.66. The van der Waals surface area contributed by atoms with E-state index in [9.17, 15) is 9.90 Å². The topological polar surface area (TPSA) is 59.0 Å². The molecule has 0 saturated heterocycles. The fourth-order valence-electron chi connectivity index (χ4n) is 3.41. The van der Waals surface area contributed by atoms with Crippen molar-refractivity contribution in [1.29, 1.82) is 0 Å². The molecule has 5 heteroatoms. The van der Waals surface area contributed by atoms with Crippen molar-refractivity contribution in [1.82, 2.24) is 0 Å². The Morgan fingerprint density at radius 3 is 2.03 bits per heavy atom. The summed E-state index contributed by atoms with van der Waals surface area (Å²) in [6, 6.07) is 25.4. The Hall–Kier alpha value is -3.57. The second kappa shape index (κ2) is 10.8. The molecule has 1 N–H and O–H groups in total. The molecule has 0 aliphatic heterocycles. The number of aliphatic hydroxyl groups is 1. The summed E-state index contributed by atoms with van der Waals surface area (Å²) in [5, 5.41) is 11.4. The van der Waals surface area contributed by atoms with Crippen LogP contribution < -0.4 is 9.64 Å². The summed E-state index contributed by atoms with van der Waals surface area (Å²) in [6.07, 6.45) is 2.20. The van der Waals surface area contributed by atoms with Crippen LogP contribution in [0.3, 0.4) is 0 Å².